The molecule has 0 rings (SSSR count). The number of allylic oxidation sites excluding steroid dienone is 2. The Hall–Kier alpha value is -2.10. The van der Waals surface area contributed by atoms with Gasteiger partial charge in [-0.15, -0.1) is 0 Å². The van der Waals surface area contributed by atoms with Gasteiger partial charge in [0.1, 0.15) is 0 Å². The second-order valence-corrected chi connectivity index (χ2v) is 2.61. The Labute approximate surface area is 95.9 Å². The Bertz CT molecular complexity index is 233. The molecule has 4 heteroatoms. The number of carboxylic acids is 2. The highest BCUT2D eigenvalue weighted by atomic mass is 16.4. The van der Waals surface area contributed by atoms with Crippen molar-refractivity contribution in [3.05, 3.63) is 49.6 Å². The average Bonchev–Trinajstić information content (AvgIpc) is 2.18. The van der Waals surface area contributed by atoms with Crippen molar-refractivity contribution < 1.29 is 19.8 Å². The van der Waals surface area contributed by atoms with Gasteiger partial charge in [-0.05, 0) is 25.0 Å². The van der Waals surface area contributed by atoms with Crippen molar-refractivity contribution in [2.24, 2.45) is 0 Å². The summed E-state index contributed by atoms with van der Waals surface area (Å²) in [5.74, 6) is -2.37. The highest BCUT2D eigenvalue weighted by molar-refractivity contribution is 5.83. The fourth-order valence-electron chi connectivity index (χ4n) is 0. The number of carbonyl (C=O) groups is 2. The SMILES string of the molecule is C=C(C)C(=O)[O-].C=C(C)C(=O)[O-].C=CC=C. The van der Waals surface area contributed by atoms with E-state index in [4.69, 9.17) is 0 Å². The summed E-state index contributed by atoms with van der Waals surface area (Å²) in [5, 5.41) is 19.0. The minimum absolute atomic E-state index is 0.0648. The molecule has 0 unspecified atom stereocenters. The maximum atomic E-state index is 9.49. The van der Waals surface area contributed by atoms with Gasteiger partial charge in [-0.3, -0.25) is 0 Å². The quantitative estimate of drug-likeness (QED) is 0.498. The van der Waals surface area contributed by atoms with Crippen LogP contribution in [-0.4, -0.2) is 11.9 Å². The molecule has 0 aromatic carbocycles. The number of hydrogen-bond donors (Lipinski definition) is 0. The van der Waals surface area contributed by atoms with Crippen LogP contribution < -0.4 is 10.2 Å². The molecular weight excluding hydrogens is 208 g/mol. The van der Waals surface area contributed by atoms with E-state index in [9.17, 15) is 19.8 Å². The molecule has 0 aliphatic carbocycles. The molecule has 0 amide bonds. The van der Waals surface area contributed by atoms with Gasteiger partial charge < -0.3 is 19.8 Å². The predicted molar refractivity (Wildman–Crippen MR) is 60.0 cm³/mol. The smallest absolute Gasteiger partial charge is 0.0666 e. The predicted octanol–water partition coefficient (Wildman–Crippen LogP) is -0.0168. The standard InChI is InChI=1S/2C4H6O2.C4H6/c2*1-3(2)4(5)6;1-3-4-2/h2*1H2,2H3,(H,5,6);3-4H,1-2H2/p-2. The van der Waals surface area contributed by atoms with E-state index in [1.165, 1.54) is 13.8 Å². The second-order valence-electron chi connectivity index (χ2n) is 2.61. The molecular formula is C12H16O4-2. The van der Waals surface area contributed by atoms with Crippen molar-refractivity contribution in [3.8, 4) is 0 Å². The van der Waals surface area contributed by atoms with Crippen LogP contribution in [0.5, 0.6) is 0 Å². The average molecular weight is 224 g/mol. The van der Waals surface area contributed by atoms with Crippen molar-refractivity contribution in [2.75, 3.05) is 0 Å². The monoisotopic (exact) mass is 224 g/mol. The lowest BCUT2D eigenvalue weighted by atomic mass is 10.4. The number of carboxylic acid groups (broad SMARTS) is 2. The van der Waals surface area contributed by atoms with Gasteiger partial charge in [0.25, 0.3) is 0 Å². The highest BCUT2D eigenvalue weighted by Gasteiger charge is 1.76. The van der Waals surface area contributed by atoms with Gasteiger partial charge in [0, 0.05) is 0 Å². The minimum Gasteiger partial charge on any atom is -0.545 e. The number of carbonyl (C=O) groups excluding carboxylic acids is 2. The van der Waals surface area contributed by atoms with E-state index in [0.717, 1.165) is 0 Å². The minimum atomic E-state index is -1.19. The summed E-state index contributed by atoms with van der Waals surface area (Å²) in [4.78, 5) is 19.0. The molecule has 0 atom stereocenters. The van der Waals surface area contributed by atoms with Crippen LogP contribution in [0.25, 0.3) is 0 Å². The fraction of sp³-hybridized carbons (Fsp3) is 0.167. The van der Waals surface area contributed by atoms with Gasteiger partial charge in [-0.1, -0.05) is 38.5 Å². The molecule has 0 saturated carbocycles. The zero-order valence-electron chi connectivity index (χ0n) is 9.62. The summed E-state index contributed by atoms with van der Waals surface area (Å²) in [5.41, 5.74) is 0.130. The molecule has 0 radical (unpaired) electrons. The van der Waals surface area contributed by atoms with Crippen LogP contribution in [0, 0.1) is 0 Å². The van der Waals surface area contributed by atoms with Crippen LogP contribution in [0.15, 0.2) is 49.6 Å². The first kappa shape index (κ1) is 19.5. The van der Waals surface area contributed by atoms with Crippen LogP contribution in [0.4, 0.5) is 0 Å². The van der Waals surface area contributed by atoms with Crippen molar-refractivity contribution in [3.63, 3.8) is 0 Å². The lowest BCUT2D eigenvalue weighted by Gasteiger charge is -1.93. The first-order chi connectivity index (χ1) is 7.20. The van der Waals surface area contributed by atoms with E-state index in [2.05, 4.69) is 26.3 Å². The normalized spacial score (nSPS) is 6.88. The van der Waals surface area contributed by atoms with E-state index >= 15 is 0 Å². The summed E-state index contributed by atoms with van der Waals surface area (Å²) in [6.45, 7) is 15.7. The Morgan fingerprint density at radius 3 is 1.00 bits per heavy atom. The summed E-state index contributed by atoms with van der Waals surface area (Å²) in [7, 11) is 0. The number of rotatable bonds is 3. The van der Waals surface area contributed by atoms with Crippen molar-refractivity contribution >= 4 is 11.9 Å². The van der Waals surface area contributed by atoms with Gasteiger partial charge in [0.15, 0.2) is 0 Å². The third-order valence-electron chi connectivity index (χ3n) is 0.864. The molecule has 0 heterocycles. The van der Waals surface area contributed by atoms with Crippen LogP contribution in [0.3, 0.4) is 0 Å². The van der Waals surface area contributed by atoms with E-state index in [-0.39, 0.29) is 11.1 Å². The van der Waals surface area contributed by atoms with Crippen molar-refractivity contribution in [2.45, 2.75) is 13.8 Å². The molecule has 0 aromatic heterocycles. The maximum Gasteiger partial charge on any atom is 0.0666 e. The lowest BCUT2D eigenvalue weighted by Crippen LogP contribution is -2.22. The van der Waals surface area contributed by atoms with Gasteiger partial charge in [0.05, 0.1) is 11.9 Å². The van der Waals surface area contributed by atoms with E-state index in [0.29, 0.717) is 0 Å². The first-order valence-corrected chi connectivity index (χ1v) is 4.17. The molecule has 0 aliphatic rings. The molecule has 0 N–H and O–H groups in total. The molecule has 0 aromatic rings. The molecule has 0 spiro atoms. The number of aliphatic carboxylic acids is 2. The highest BCUT2D eigenvalue weighted by Crippen LogP contribution is 1.77. The largest absolute Gasteiger partial charge is 0.545 e. The van der Waals surface area contributed by atoms with Crippen molar-refractivity contribution in [1.29, 1.82) is 0 Å². The zero-order chi connectivity index (χ0) is 13.7. The summed E-state index contributed by atoms with van der Waals surface area (Å²) < 4.78 is 0. The Morgan fingerprint density at radius 1 is 0.875 bits per heavy atom. The van der Waals surface area contributed by atoms with Crippen LogP contribution in [0.2, 0.25) is 0 Å². The lowest BCUT2D eigenvalue weighted by molar-refractivity contribution is -0.300. The zero-order valence-corrected chi connectivity index (χ0v) is 9.62. The van der Waals surface area contributed by atoms with Gasteiger partial charge >= 0.3 is 0 Å². The van der Waals surface area contributed by atoms with E-state index < -0.39 is 11.9 Å². The van der Waals surface area contributed by atoms with E-state index in [1.807, 2.05) is 0 Å². The van der Waals surface area contributed by atoms with Crippen molar-refractivity contribution in [1.82, 2.24) is 0 Å². The first-order valence-electron chi connectivity index (χ1n) is 4.17. The molecule has 4 nitrogen and oxygen atoms in total. The van der Waals surface area contributed by atoms with Gasteiger partial charge in [0.2, 0.25) is 0 Å². The van der Waals surface area contributed by atoms with Crippen LogP contribution in [-0.2, 0) is 9.59 Å². The van der Waals surface area contributed by atoms with Gasteiger partial charge in [-0.25, -0.2) is 0 Å². The molecule has 90 valence electrons. The number of hydrogen-bond acceptors (Lipinski definition) is 4. The fourth-order valence-corrected chi connectivity index (χ4v) is 0. The third kappa shape index (κ3) is 29.7. The van der Waals surface area contributed by atoms with E-state index in [1.54, 1.807) is 12.2 Å². The molecule has 16 heavy (non-hydrogen) atoms. The Balaban J connectivity index is -0.000000162. The summed E-state index contributed by atoms with van der Waals surface area (Å²) in [6, 6.07) is 0. The molecule has 0 aliphatic heterocycles. The maximum absolute atomic E-state index is 9.49. The Morgan fingerprint density at radius 2 is 1.00 bits per heavy atom. The third-order valence-corrected chi connectivity index (χ3v) is 0.864. The molecule has 0 bridgehead atoms. The van der Waals surface area contributed by atoms with Crippen LogP contribution in [0.1, 0.15) is 13.8 Å². The molecule has 0 saturated heterocycles. The summed E-state index contributed by atoms with van der Waals surface area (Å²) in [6.07, 6.45) is 3.28. The second kappa shape index (κ2) is 12.9. The topological polar surface area (TPSA) is 80.3 Å². The van der Waals surface area contributed by atoms with Crippen LogP contribution >= 0.6 is 0 Å². The molecule has 0 fully saturated rings. The van der Waals surface area contributed by atoms with Gasteiger partial charge in [-0.2, -0.15) is 0 Å². The summed E-state index contributed by atoms with van der Waals surface area (Å²) >= 11 is 0. The Kier molecular flexibility index (Phi) is 15.7.